The van der Waals surface area contributed by atoms with Gasteiger partial charge in [-0.25, -0.2) is 4.39 Å². The van der Waals surface area contributed by atoms with Crippen molar-refractivity contribution in [3.05, 3.63) is 52.8 Å². The van der Waals surface area contributed by atoms with Crippen molar-refractivity contribution >= 4 is 35.0 Å². The zero-order valence-corrected chi connectivity index (χ0v) is 17.1. The Labute approximate surface area is 182 Å². The second-order valence-corrected chi connectivity index (χ2v) is 7.90. The maximum atomic E-state index is 14.4. The molecule has 0 saturated carbocycles. The first-order valence-electron chi connectivity index (χ1n) is 9.66. The van der Waals surface area contributed by atoms with E-state index >= 15 is 0 Å². The van der Waals surface area contributed by atoms with Gasteiger partial charge in [0.1, 0.15) is 17.9 Å². The average Bonchev–Trinajstić information content (AvgIpc) is 2.87. The zero-order valence-electron chi connectivity index (χ0n) is 16.3. The van der Waals surface area contributed by atoms with E-state index in [1.807, 2.05) is 0 Å². The molecule has 0 radical (unpaired) electrons. The molecule has 10 heteroatoms. The molecule has 0 spiro atoms. The molecule has 0 bridgehead atoms. The predicted octanol–water partition coefficient (Wildman–Crippen LogP) is 1.07. The van der Waals surface area contributed by atoms with Crippen LogP contribution in [0.5, 0.6) is 0 Å². The van der Waals surface area contributed by atoms with Crippen molar-refractivity contribution < 1.29 is 23.9 Å². The molecule has 1 fully saturated rings. The number of piperazine rings is 1. The van der Waals surface area contributed by atoms with Gasteiger partial charge in [-0.3, -0.25) is 14.4 Å². The fourth-order valence-electron chi connectivity index (χ4n) is 3.86. The van der Waals surface area contributed by atoms with Gasteiger partial charge in [-0.15, -0.1) is 0 Å². The summed E-state index contributed by atoms with van der Waals surface area (Å²) in [4.78, 5) is 41.2. The number of rotatable bonds is 3. The first-order chi connectivity index (χ1) is 14.8. The van der Waals surface area contributed by atoms with Crippen LogP contribution in [0.1, 0.15) is 10.4 Å². The molecule has 2 aromatic carbocycles. The van der Waals surface area contributed by atoms with Crippen LogP contribution in [0, 0.1) is 5.82 Å². The Morgan fingerprint density at radius 3 is 2.71 bits per heavy atom. The third-order valence-electron chi connectivity index (χ3n) is 5.52. The van der Waals surface area contributed by atoms with Gasteiger partial charge in [-0.1, -0.05) is 17.7 Å². The van der Waals surface area contributed by atoms with E-state index in [4.69, 9.17) is 22.4 Å². The summed E-state index contributed by atoms with van der Waals surface area (Å²) >= 11 is 5.82. The lowest BCUT2D eigenvalue weighted by Gasteiger charge is -2.40. The highest BCUT2D eigenvalue weighted by atomic mass is 35.5. The number of benzene rings is 2. The van der Waals surface area contributed by atoms with E-state index in [1.54, 1.807) is 18.2 Å². The number of carbonyl (C=O) groups is 3. The summed E-state index contributed by atoms with van der Waals surface area (Å²) in [6.45, 7) is -0.232. The van der Waals surface area contributed by atoms with E-state index in [-0.39, 0.29) is 35.8 Å². The summed E-state index contributed by atoms with van der Waals surface area (Å²) in [6, 6.07) is 6.98. The van der Waals surface area contributed by atoms with Gasteiger partial charge in [0, 0.05) is 23.7 Å². The van der Waals surface area contributed by atoms with Gasteiger partial charge in [0.25, 0.3) is 5.91 Å². The van der Waals surface area contributed by atoms with Crippen molar-refractivity contribution in [1.82, 2.24) is 9.80 Å². The van der Waals surface area contributed by atoms with E-state index in [2.05, 4.69) is 5.32 Å². The lowest BCUT2D eigenvalue weighted by Crippen LogP contribution is -2.61. The molecule has 8 nitrogen and oxygen atoms in total. The molecule has 2 atom stereocenters. The van der Waals surface area contributed by atoms with Crippen molar-refractivity contribution in [3.63, 3.8) is 0 Å². The number of halogens is 2. The molecule has 2 aliphatic rings. The lowest BCUT2D eigenvalue weighted by molar-refractivity contribution is -0.137. The first-order valence-corrected chi connectivity index (χ1v) is 10.0. The number of hydrogen-bond acceptors (Lipinski definition) is 5. The average molecular weight is 447 g/mol. The van der Waals surface area contributed by atoms with Gasteiger partial charge >= 0.3 is 0 Å². The van der Waals surface area contributed by atoms with E-state index < -0.39 is 42.2 Å². The topological polar surface area (TPSA) is 116 Å². The van der Waals surface area contributed by atoms with Crippen LogP contribution in [0.25, 0.3) is 11.1 Å². The number of anilines is 1. The number of aliphatic hydroxyl groups is 1. The third-order valence-corrected chi connectivity index (χ3v) is 5.75. The molecule has 0 unspecified atom stereocenters. The molecule has 1 saturated heterocycles. The van der Waals surface area contributed by atoms with Crippen molar-refractivity contribution in [2.24, 2.45) is 5.73 Å². The quantitative estimate of drug-likeness (QED) is 0.652. The van der Waals surface area contributed by atoms with E-state index in [1.165, 1.54) is 28.0 Å². The zero-order chi connectivity index (χ0) is 22.3. The number of carbonyl (C=O) groups excluding carboxylic acids is 3. The third kappa shape index (κ3) is 3.87. The van der Waals surface area contributed by atoms with Gasteiger partial charge in [-0.2, -0.15) is 0 Å². The minimum Gasteiger partial charge on any atom is -0.394 e. The van der Waals surface area contributed by atoms with E-state index in [9.17, 15) is 18.8 Å². The number of nitrogens with one attached hydrogen (secondary N) is 1. The SMILES string of the molecule is N[C@H](CO)C(=O)N1CCN2C(=O)c3cc(-c4ccc(Cl)cc4F)ccc3NC(=O)[C@H]2C1. The molecular weight excluding hydrogens is 427 g/mol. The molecule has 2 aromatic rings. The molecule has 0 aliphatic carbocycles. The molecule has 3 amide bonds. The second kappa shape index (κ2) is 8.26. The van der Waals surface area contributed by atoms with Crippen LogP contribution in [0.4, 0.5) is 10.1 Å². The monoisotopic (exact) mass is 446 g/mol. The Bertz CT molecular complexity index is 1080. The Kier molecular flexibility index (Phi) is 5.65. The van der Waals surface area contributed by atoms with Crippen LogP contribution in [0.3, 0.4) is 0 Å². The van der Waals surface area contributed by atoms with Gasteiger partial charge < -0.3 is 26.0 Å². The van der Waals surface area contributed by atoms with Crippen molar-refractivity contribution in [1.29, 1.82) is 0 Å². The summed E-state index contributed by atoms with van der Waals surface area (Å²) in [5, 5.41) is 12.1. The smallest absolute Gasteiger partial charge is 0.256 e. The molecular formula is C21H20ClFN4O4. The normalized spacial score (nSPS) is 19.3. The summed E-state index contributed by atoms with van der Waals surface area (Å²) in [6.07, 6.45) is 0. The minimum absolute atomic E-state index is 0.0310. The Hall–Kier alpha value is -3.01. The number of hydrogen-bond donors (Lipinski definition) is 3. The van der Waals surface area contributed by atoms with Crippen molar-refractivity contribution in [2.45, 2.75) is 12.1 Å². The predicted molar refractivity (Wildman–Crippen MR) is 112 cm³/mol. The largest absolute Gasteiger partial charge is 0.394 e. The second-order valence-electron chi connectivity index (χ2n) is 7.46. The van der Waals surface area contributed by atoms with Crippen LogP contribution >= 0.6 is 11.6 Å². The van der Waals surface area contributed by atoms with Gasteiger partial charge in [-0.05, 0) is 35.9 Å². The fourth-order valence-corrected chi connectivity index (χ4v) is 4.01. The van der Waals surface area contributed by atoms with Crippen molar-refractivity contribution in [2.75, 3.05) is 31.6 Å². The standard InChI is InChI=1S/C21H20ClFN4O4/c22-12-2-3-13(15(23)8-12)11-1-4-17-14(7-11)20(30)27-6-5-26(21(31)16(24)10-28)9-18(27)19(29)25-17/h1-4,7-8,16,18,28H,5-6,9-10,24H2,(H,25,29)/t16-,18-/m1/s1. The molecule has 4 N–H and O–H groups in total. The molecule has 2 aliphatic heterocycles. The summed E-state index contributed by atoms with van der Waals surface area (Å²) in [5.41, 5.74) is 6.90. The first kappa shape index (κ1) is 21.2. The Balaban J connectivity index is 1.66. The molecule has 31 heavy (non-hydrogen) atoms. The highest BCUT2D eigenvalue weighted by Crippen LogP contribution is 2.32. The number of amides is 3. The number of fused-ring (bicyclic) bond motifs is 2. The Morgan fingerprint density at radius 1 is 1.23 bits per heavy atom. The van der Waals surface area contributed by atoms with Crippen LogP contribution in [0.15, 0.2) is 36.4 Å². The van der Waals surface area contributed by atoms with Gasteiger partial charge in [0.05, 0.1) is 24.4 Å². The summed E-state index contributed by atoms with van der Waals surface area (Å²) < 4.78 is 14.4. The van der Waals surface area contributed by atoms with Crippen LogP contribution in [-0.4, -0.2) is 71.0 Å². The van der Waals surface area contributed by atoms with Gasteiger partial charge in [0.15, 0.2) is 0 Å². The molecule has 0 aromatic heterocycles. The van der Waals surface area contributed by atoms with E-state index in [0.29, 0.717) is 11.3 Å². The Morgan fingerprint density at radius 2 is 2.00 bits per heavy atom. The number of nitrogens with zero attached hydrogens (tertiary/aromatic N) is 2. The highest BCUT2D eigenvalue weighted by Gasteiger charge is 2.41. The molecule has 2 heterocycles. The maximum Gasteiger partial charge on any atom is 0.256 e. The van der Waals surface area contributed by atoms with E-state index in [0.717, 1.165) is 0 Å². The maximum absolute atomic E-state index is 14.4. The van der Waals surface area contributed by atoms with Crippen LogP contribution in [0.2, 0.25) is 5.02 Å². The van der Waals surface area contributed by atoms with Crippen molar-refractivity contribution in [3.8, 4) is 11.1 Å². The highest BCUT2D eigenvalue weighted by molar-refractivity contribution is 6.30. The lowest BCUT2D eigenvalue weighted by atomic mass is 10.0. The minimum atomic E-state index is -1.08. The fraction of sp³-hybridized carbons (Fsp3) is 0.286. The summed E-state index contributed by atoms with van der Waals surface area (Å²) in [7, 11) is 0. The summed E-state index contributed by atoms with van der Waals surface area (Å²) in [5.74, 6) is -1.84. The number of aliphatic hydroxyl groups excluding tert-OH is 1. The molecule has 4 rings (SSSR count). The van der Waals surface area contributed by atoms with Gasteiger partial charge in [0.2, 0.25) is 11.8 Å². The van der Waals surface area contributed by atoms with Crippen LogP contribution < -0.4 is 11.1 Å². The molecule has 162 valence electrons. The van der Waals surface area contributed by atoms with Crippen LogP contribution in [-0.2, 0) is 9.59 Å². The number of nitrogens with two attached hydrogens (primary N) is 1.